The summed E-state index contributed by atoms with van der Waals surface area (Å²) in [7, 11) is 1.81. The summed E-state index contributed by atoms with van der Waals surface area (Å²) in [6.07, 6.45) is 3.27. The van der Waals surface area contributed by atoms with E-state index in [2.05, 4.69) is 30.2 Å². The third-order valence-electron chi connectivity index (χ3n) is 4.63. The highest BCUT2D eigenvalue weighted by Gasteiger charge is 2.17. The second-order valence-corrected chi connectivity index (χ2v) is 7.21. The number of aromatic amines is 2. The normalized spacial score (nSPS) is 11.4. The molecule has 0 aliphatic heterocycles. The summed E-state index contributed by atoms with van der Waals surface area (Å²) >= 11 is 12.5. The first kappa shape index (κ1) is 17.7. The highest BCUT2D eigenvalue weighted by atomic mass is 35.5. The zero-order chi connectivity index (χ0) is 20.1. The van der Waals surface area contributed by atoms with E-state index in [9.17, 15) is 4.79 Å². The van der Waals surface area contributed by atoms with E-state index in [1.165, 1.54) is 0 Å². The molecule has 3 N–H and O–H groups in total. The highest BCUT2D eigenvalue weighted by Crippen LogP contribution is 2.33. The predicted octanol–water partition coefficient (Wildman–Crippen LogP) is 4.25. The lowest BCUT2D eigenvalue weighted by Gasteiger charge is -2.10. The Labute approximate surface area is 173 Å². The summed E-state index contributed by atoms with van der Waals surface area (Å²) in [5.41, 5.74) is 2.10. The van der Waals surface area contributed by atoms with Crippen molar-refractivity contribution >= 4 is 56.8 Å². The lowest BCUT2D eigenvalue weighted by Crippen LogP contribution is -2.11. The number of nitrogens with zero attached hydrogens (tertiary/aromatic N) is 4. The summed E-state index contributed by atoms with van der Waals surface area (Å²) in [4.78, 5) is 31.9. The molecule has 0 aliphatic rings. The molecule has 0 aliphatic carbocycles. The molecule has 0 atom stereocenters. The van der Waals surface area contributed by atoms with Gasteiger partial charge >= 0.3 is 0 Å². The molecule has 3 aromatic heterocycles. The van der Waals surface area contributed by atoms with Gasteiger partial charge in [0.25, 0.3) is 5.56 Å². The fraction of sp³-hybridized carbons (Fsp3) is 0.0526. The van der Waals surface area contributed by atoms with Crippen molar-refractivity contribution in [1.82, 2.24) is 29.5 Å². The molecule has 0 fully saturated rings. The summed E-state index contributed by atoms with van der Waals surface area (Å²) in [5.74, 6) is 1.36. The first-order valence-electron chi connectivity index (χ1n) is 8.63. The fourth-order valence-electron chi connectivity index (χ4n) is 3.28. The number of H-pyrrole nitrogens is 2. The first-order valence-corrected chi connectivity index (χ1v) is 9.39. The molecule has 5 aromatic rings. The van der Waals surface area contributed by atoms with E-state index in [0.717, 1.165) is 0 Å². The van der Waals surface area contributed by atoms with Gasteiger partial charge in [-0.3, -0.25) is 4.79 Å². The van der Waals surface area contributed by atoms with E-state index in [-0.39, 0.29) is 5.56 Å². The number of halogens is 2. The van der Waals surface area contributed by atoms with Gasteiger partial charge in [-0.15, -0.1) is 0 Å². The van der Waals surface area contributed by atoms with Crippen LogP contribution in [-0.4, -0.2) is 29.5 Å². The van der Waals surface area contributed by atoms with E-state index in [4.69, 9.17) is 23.2 Å². The first-order chi connectivity index (χ1) is 14.0. The molecule has 0 bridgehead atoms. The zero-order valence-electron chi connectivity index (χ0n) is 15.0. The minimum absolute atomic E-state index is 0.280. The largest absolute Gasteiger partial charge is 0.342 e. The zero-order valence-corrected chi connectivity index (χ0v) is 16.5. The van der Waals surface area contributed by atoms with E-state index >= 15 is 0 Å². The van der Waals surface area contributed by atoms with Crippen molar-refractivity contribution in [3.8, 4) is 11.6 Å². The van der Waals surface area contributed by atoms with Crippen LogP contribution in [0.1, 0.15) is 0 Å². The summed E-state index contributed by atoms with van der Waals surface area (Å²) < 4.78 is 1.78. The second-order valence-electron chi connectivity index (χ2n) is 6.40. The van der Waals surface area contributed by atoms with Crippen molar-refractivity contribution in [1.29, 1.82) is 0 Å². The van der Waals surface area contributed by atoms with Crippen LogP contribution in [0, 0.1) is 0 Å². The quantitative estimate of drug-likeness (QED) is 0.400. The van der Waals surface area contributed by atoms with Gasteiger partial charge in [-0.25, -0.2) is 15.0 Å². The van der Waals surface area contributed by atoms with Crippen molar-refractivity contribution in [3.05, 3.63) is 63.1 Å². The van der Waals surface area contributed by atoms with Crippen molar-refractivity contribution in [2.45, 2.75) is 0 Å². The van der Waals surface area contributed by atoms with Crippen LogP contribution < -0.4 is 10.9 Å². The third kappa shape index (κ3) is 2.84. The van der Waals surface area contributed by atoms with E-state index in [1.54, 1.807) is 41.2 Å². The average Bonchev–Trinajstić information content (AvgIpc) is 3.33. The monoisotopic (exact) mass is 425 g/mol. The maximum atomic E-state index is 12.9. The fourth-order valence-corrected chi connectivity index (χ4v) is 3.77. The van der Waals surface area contributed by atoms with Crippen LogP contribution in [0.15, 0.2) is 47.5 Å². The molecule has 0 spiro atoms. The number of nitrogens with one attached hydrogen (secondary N) is 3. The molecule has 0 saturated heterocycles. The molecular weight excluding hydrogens is 413 g/mol. The van der Waals surface area contributed by atoms with Gasteiger partial charge < -0.3 is 19.9 Å². The van der Waals surface area contributed by atoms with Crippen LogP contribution in [0.25, 0.3) is 33.6 Å². The molecule has 0 saturated carbocycles. The SMILES string of the molecule is Cn1c(Nc2c(Cl)cccc2Cl)nc2ccc3nc(-c4ncc[nH]4)[nH]c(=O)c3c21. The number of hydrogen-bond acceptors (Lipinski definition) is 5. The van der Waals surface area contributed by atoms with Gasteiger partial charge in [0.15, 0.2) is 11.6 Å². The van der Waals surface area contributed by atoms with Gasteiger partial charge in [0.2, 0.25) is 5.95 Å². The van der Waals surface area contributed by atoms with Crippen LogP contribution in [0.5, 0.6) is 0 Å². The van der Waals surface area contributed by atoms with Gasteiger partial charge in [0.1, 0.15) is 0 Å². The van der Waals surface area contributed by atoms with Crippen molar-refractivity contribution in [2.24, 2.45) is 7.05 Å². The molecule has 0 unspecified atom stereocenters. The molecule has 29 heavy (non-hydrogen) atoms. The minimum Gasteiger partial charge on any atom is -0.342 e. The Morgan fingerprint density at radius 2 is 1.79 bits per heavy atom. The van der Waals surface area contributed by atoms with Crippen LogP contribution in [-0.2, 0) is 7.05 Å². The Bertz CT molecular complexity index is 1420. The predicted molar refractivity (Wildman–Crippen MR) is 114 cm³/mol. The topological polar surface area (TPSA) is 104 Å². The number of rotatable bonds is 3. The van der Waals surface area contributed by atoms with Gasteiger partial charge in [-0.1, -0.05) is 29.3 Å². The molecule has 0 amide bonds. The van der Waals surface area contributed by atoms with E-state index in [1.807, 2.05) is 13.1 Å². The lowest BCUT2D eigenvalue weighted by atomic mass is 10.2. The number of imidazole rings is 2. The van der Waals surface area contributed by atoms with Crippen LogP contribution in [0.2, 0.25) is 10.0 Å². The van der Waals surface area contributed by atoms with E-state index in [0.29, 0.717) is 55.3 Å². The molecule has 8 nitrogen and oxygen atoms in total. The van der Waals surface area contributed by atoms with Gasteiger partial charge in [0.05, 0.1) is 37.7 Å². The number of hydrogen-bond donors (Lipinski definition) is 3. The maximum Gasteiger partial charge on any atom is 0.261 e. The van der Waals surface area contributed by atoms with Crippen molar-refractivity contribution in [2.75, 3.05) is 5.32 Å². The molecular formula is C19H13Cl2N7O. The minimum atomic E-state index is -0.280. The van der Waals surface area contributed by atoms with Gasteiger partial charge in [-0.2, -0.15) is 0 Å². The average molecular weight is 426 g/mol. The molecule has 5 rings (SSSR count). The van der Waals surface area contributed by atoms with Crippen LogP contribution in [0.4, 0.5) is 11.6 Å². The van der Waals surface area contributed by atoms with Crippen molar-refractivity contribution < 1.29 is 0 Å². The Morgan fingerprint density at radius 1 is 1.03 bits per heavy atom. The molecule has 10 heteroatoms. The number of benzene rings is 2. The van der Waals surface area contributed by atoms with E-state index < -0.39 is 0 Å². The Balaban J connectivity index is 1.71. The summed E-state index contributed by atoms with van der Waals surface area (Å²) in [6.45, 7) is 0. The maximum absolute atomic E-state index is 12.9. The molecule has 0 radical (unpaired) electrons. The number of fused-ring (bicyclic) bond motifs is 3. The smallest absolute Gasteiger partial charge is 0.261 e. The Morgan fingerprint density at radius 3 is 2.52 bits per heavy atom. The third-order valence-corrected chi connectivity index (χ3v) is 5.26. The van der Waals surface area contributed by atoms with Gasteiger partial charge in [-0.05, 0) is 24.3 Å². The summed E-state index contributed by atoms with van der Waals surface area (Å²) in [5, 5.41) is 4.53. The number of aromatic nitrogens is 6. The van der Waals surface area contributed by atoms with Crippen LogP contribution >= 0.6 is 23.2 Å². The Kier molecular flexibility index (Phi) is 4.04. The molecule has 2 aromatic carbocycles. The van der Waals surface area contributed by atoms with Gasteiger partial charge in [0, 0.05) is 19.4 Å². The highest BCUT2D eigenvalue weighted by molar-refractivity contribution is 6.39. The Hall–Kier alpha value is -3.36. The standard InChI is InChI=1S/C19H13Cl2N7O/c1-28-15-12(25-19(28)26-14-9(20)3-2-4-10(14)21)6-5-11-13(15)18(29)27-17(24-11)16-22-7-8-23-16/h2-8H,1H3,(H,22,23)(H,25,26)(H,24,27,29). The number of para-hydroxylation sites is 1. The number of anilines is 2. The second kappa shape index (κ2) is 6.61. The molecule has 144 valence electrons. The number of aryl methyl sites for hydroxylation is 1. The lowest BCUT2D eigenvalue weighted by molar-refractivity contribution is 0.960. The summed E-state index contributed by atoms with van der Waals surface area (Å²) in [6, 6.07) is 8.81. The van der Waals surface area contributed by atoms with Crippen LogP contribution in [0.3, 0.4) is 0 Å². The van der Waals surface area contributed by atoms with Crippen molar-refractivity contribution in [3.63, 3.8) is 0 Å². The molecule has 3 heterocycles.